The molecular formula is C6H4FO3S2+. The van der Waals surface area contributed by atoms with E-state index in [2.05, 4.69) is 0 Å². The van der Waals surface area contributed by atoms with Gasteiger partial charge in [0.2, 0.25) is 0 Å². The van der Waals surface area contributed by atoms with Crippen LogP contribution in [0.1, 0.15) is 0 Å². The summed E-state index contributed by atoms with van der Waals surface area (Å²) in [5.74, 6) is -0.634. The molecule has 1 rings (SSSR count). The first-order chi connectivity index (χ1) is 5.65. The lowest BCUT2D eigenvalue weighted by atomic mass is 10.3. The topological polar surface area (TPSA) is 54.4 Å². The van der Waals surface area contributed by atoms with Gasteiger partial charge < -0.3 is 4.55 Å². The first kappa shape index (κ1) is 9.37. The molecule has 0 saturated carbocycles. The van der Waals surface area contributed by atoms with Gasteiger partial charge in [0.25, 0.3) is 0 Å². The van der Waals surface area contributed by atoms with Crippen molar-refractivity contribution in [2.24, 2.45) is 0 Å². The second-order valence-electron chi connectivity index (χ2n) is 1.92. The molecule has 0 saturated heterocycles. The molecule has 0 aromatic heterocycles. The van der Waals surface area contributed by atoms with Crippen molar-refractivity contribution in [1.29, 1.82) is 0 Å². The number of benzene rings is 1. The van der Waals surface area contributed by atoms with Crippen LogP contribution in [0.5, 0.6) is 0 Å². The van der Waals surface area contributed by atoms with Gasteiger partial charge in [-0.15, -0.1) is 0 Å². The molecule has 1 unspecified atom stereocenters. The molecule has 0 fully saturated rings. The zero-order valence-electron chi connectivity index (χ0n) is 5.69. The van der Waals surface area contributed by atoms with Gasteiger partial charge in [0, 0.05) is 10.3 Å². The lowest BCUT2D eigenvalue weighted by Crippen LogP contribution is -1.93. The second kappa shape index (κ2) is 3.79. The van der Waals surface area contributed by atoms with Crippen LogP contribution in [0.2, 0.25) is 0 Å². The van der Waals surface area contributed by atoms with Gasteiger partial charge in [0.05, 0.1) is 0 Å². The normalized spacial score (nSPS) is 12.5. The van der Waals surface area contributed by atoms with Crippen LogP contribution in [0.15, 0.2) is 28.0 Å². The molecule has 0 radical (unpaired) electrons. The van der Waals surface area contributed by atoms with Crippen molar-refractivity contribution in [3.63, 3.8) is 0 Å². The van der Waals surface area contributed by atoms with E-state index < -0.39 is 16.9 Å². The second-order valence-corrected chi connectivity index (χ2v) is 3.47. The van der Waals surface area contributed by atoms with Crippen LogP contribution in [0.4, 0.5) is 4.39 Å². The summed E-state index contributed by atoms with van der Waals surface area (Å²) in [6.07, 6.45) is 0. The third-order valence-corrected chi connectivity index (χ3v) is 2.56. The van der Waals surface area contributed by atoms with Crippen molar-refractivity contribution in [2.75, 3.05) is 0 Å². The highest BCUT2D eigenvalue weighted by atomic mass is 32.2. The maximum atomic E-state index is 12.5. The maximum Gasteiger partial charge on any atom is 0.506 e. The maximum absolute atomic E-state index is 12.5. The Morgan fingerprint density at radius 2 is 2.17 bits per heavy atom. The fourth-order valence-corrected chi connectivity index (χ4v) is 1.72. The van der Waals surface area contributed by atoms with Crippen molar-refractivity contribution < 1.29 is 17.4 Å². The van der Waals surface area contributed by atoms with Gasteiger partial charge >= 0.3 is 16.6 Å². The molecule has 0 heterocycles. The first-order valence-corrected chi connectivity index (χ1v) is 4.70. The van der Waals surface area contributed by atoms with Gasteiger partial charge in [0.1, 0.15) is 10.7 Å². The summed E-state index contributed by atoms with van der Waals surface area (Å²) in [5.41, 5.74) is 0. The van der Waals surface area contributed by atoms with E-state index in [1.165, 1.54) is 6.07 Å². The summed E-state index contributed by atoms with van der Waals surface area (Å²) in [7, 11) is 0. The Morgan fingerprint density at radius 1 is 1.50 bits per heavy atom. The first-order valence-electron chi connectivity index (χ1n) is 2.85. The number of rotatable bonds is 2. The van der Waals surface area contributed by atoms with Crippen molar-refractivity contribution in [3.05, 3.63) is 24.0 Å². The molecule has 0 aliphatic rings. The molecule has 1 N–H and O–H groups in total. The zero-order chi connectivity index (χ0) is 9.14. The molecule has 1 aromatic rings. The quantitative estimate of drug-likeness (QED) is 0.585. The molecule has 6 heteroatoms. The number of hydrogen-bond donors (Lipinski definition) is 1. The summed E-state index contributed by atoms with van der Waals surface area (Å²) >= 11 is -2.25. The SMILES string of the molecule is O=[S+]c1ccc(F)cc1S(=O)O. The van der Waals surface area contributed by atoms with E-state index in [-0.39, 0.29) is 21.5 Å². The predicted octanol–water partition coefficient (Wildman–Crippen LogP) is 1.19. The van der Waals surface area contributed by atoms with Gasteiger partial charge in [-0.3, -0.25) is 0 Å². The van der Waals surface area contributed by atoms with Gasteiger partial charge in [-0.05, 0) is 12.1 Å². The Labute approximate surface area is 74.4 Å². The molecule has 64 valence electrons. The minimum absolute atomic E-state index is 0.0627. The number of halogens is 1. The fourth-order valence-electron chi connectivity index (χ4n) is 0.687. The van der Waals surface area contributed by atoms with E-state index in [0.29, 0.717) is 0 Å². The van der Waals surface area contributed by atoms with E-state index >= 15 is 0 Å². The minimum Gasteiger partial charge on any atom is -0.302 e. The molecule has 3 nitrogen and oxygen atoms in total. The molecule has 1 atom stereocenters. The molecule has 0 aliphatic carbocycles. The van der Waals surface area contributed by atoms with E-state index in [1.807, 2.05) is 0 Å². The van der Waals surface area contributed by atoms with Crippen molar-refractivity contribution in [2.45, 2.75) is 9.79 Å². The molecule has 0 spiro atoms. The fraction of sp³-hybridized carbons (Fsp3) is 0. The van der Waals surface area contributed by atoms with Crippen LogP contribution >= 0.6 is 0 Å². The Balaban J connectivity index is 3.30. The highest BCUT2D eigenvalue weighted by Crippen LogP contribution is 2.14. The standard InChI is InChI=1S/C6H3FO3S2/c7-4-1-2-5(11-8)6(3-4)12(9)10/h1-3H/p+1. The van der Waals surface area contributed by atoms with Crippen LogP contribution in [0.25, 0.3) is 0 Å². The lowest BCUT2D eigenvalue weighted by Gasteiger charge is -1.90. The summed E-state index contributed by atoms with van der Waals surface area (Å²) in [6.45, 7) is 0. The Bertz CT molecular complexity index is 340. The highest BCUT2D eigenvalue weighted by molar-refractivity contribution is 7.80. The molecule has 0 amide bonds. The van der Waals surface area contributed by atoms with Gasteiger partial charge in [0.15, 0.2) is 11.1 Å². The van der Waals surface area contributed by atoms with Crippen LogP contribution in [-0.2, 0) is 27.0 Å². The Morgan fingerprint density at radius 3 is 2.67 bits per heavy atom. The highest BCUT2D eigenvalue weighted by Gasteiger charge is 2.19. The minimum atomic E-state index is -2.31. The third-order valence-electron chi connectivity index (χ3n) is 1.18. The summed E-state index contributed by atoms with van der Waals surface area (Å²) in [4.78, 5) is -0.118. The lowest BCUT2D eigenvalue weighted by molar-refractivity contribution is 0.557. The van der Waals surface area contributed by atoms with Crippen molar-refractivity contribution in [3.8, 4) is 0 Å². The van der Waals surface area contributed by atoms with Crippen molar-refractivity contribution in [1.82, 2.24) is 0 Å². The largest absolute Gasteiger partial charge is 0.506 e. The van der Waals surface area contributed by atoms with Gasteiger partial charge in [-0.2, -0.15) is 0 Å². The van der Waals surface area contributed by atoms with Crippen LogP contribution in [-0.4, -0.2) is 8.76 Å². The van der Waals surface area contributed by atoms with E-state index in [0.717, 1.165) is 12.1 Å². The van der Waals surface area contributed by atoms with Crippen LogP contribution in [0.3, 0.4) is 0 Å². The third kappa shape index (κ3) is 1.90. The molecule has 1 aromatic carbocycles. The average Bonchev–Trinajstić information content (AvgIpc) is 2.04. The smallest absolute Gasteiger partial charge is 0.302 e. The van der Waals surface area contributed by atoms with E-state index in [9.17, 15) is 12.8 Å². The summed E-state index contributed by atoms with van der Waals surface area (Å²) in [5, 5.41) is 0. The summed E-state index contributed by atoms with van der Waals surface area (Å²) in [6, 6.07) is 3.11. The van der Waals surface area contributed by atoms with E-state index in [4.69, 9.17) is 4.55 Å². The molecular weight excluding hydrogens is 203 g/mol. The monoisotopic (exact) mass is 207 g/mol. The molecule has 0 bridgehead atoms. The van der Waals surface area contributed by atoms with E-state index in [1.54, 1.807) is 0 Å². The molecule has 0 aliphatic heterocycles. The molecule has 12 heavy (non-hydrogen) atoms. The van der Waals surface area contributed by atoms with Gasteiger partial charge in [-0.1, -0.05) is 0 Å². The summed E-state index contributed by atoms with van der Waals surface area (Å²) < 4.78 is 41.9. The number of hydrogen-bond acceptors (Lipinski definition) is 2. The zero-order valence-corrected chi connectivity index (χ0v) is 7.32. The van der Waals surface area contributed by atoms with Gasteiger partial charge in [-0.25, -0.2) is 8.60 Å². The Kier molecular flexibility index (Phi) is 2.96. The van der Waals surface area contributed by atoms with Crippen LogP contribution < -0.4 is 0 Å². The van der Waals surface area contributed by atoms with Crippen LogP contribution in [0, 0.1) is 5.82 Å². The average molecular weight is 207 g/mol. The predicted molar refractivity (Wildman–Crippen MR) is 41.8 cm³/mol. The van der Waals surface area contributed by atoms with Crippen molar-refractivity contribution >= 4 is 22.7 Å². The Hall–Kier alpha value is -0.720.